The minimum absolute atomic E-state index is 0.0370. The Morgan fingerprint density at radius 1 is 1.07 bits per heavy atom. The Bertz CT molecular complexity index is 878. The maximum Gasteiger partial charge on any atom is 0.335 e. The number of hydrogen-bond donors (Lipinski definition) is 1. The minimum Gasteiger partial charge on any atom is -0.478 e. The van der Waals surface area contributed by atoms with E-state index >= 15 is 0 Å². The summed E-state index contributed by atoms with van der Waals surface area (Å²) in [5.74, 6) is -0.705. The van der Waals surface area contributed by atoms with Crippen molar-refractivity contribution in [3.8, 4) is 0 Å². The molecule has 1 saturated heterocycles. The highest BCUT2D eigenvalue weighted by Gasteiger charge is 2.26. The van der Waals surface area contributed by atoms with Crippen LogP contribution in [0.3, 0.4) is 0 Å². The third-order valence-corrected chi connectivity index (χ3v) is 5.73. The van der Waals surface area contributed by atoms with Gasteiger partial charge in [0.05, 0.1) is 11.1 Å². The Hall–Kier alpha value is -2.69. The van der Waals surface area contributed by atoms with Crippen LogP contribution in [-0.2, 0) is 12.8 Å². The molecule has 5 heteroatoms. The number of carboxylic acids is 1. The molecule has 1 N–H and O–H groups in total. The van der Waals surface area contributed by atoms with E-state index < -0.39 is 5.97 Å². The van der Waals surface area contributed by atoms with Gasteiger partial charge in [-0.2, -0.15) is 0 Å². The molecule has 1 aliphatic carbocycles. The molecule has 4 rings (SSSR count). The van der Waals surface area contributed by atoms with E-state index in [1.54, 1.807) is 24.4 Å². The second kappa shape index (κ2) is 7.51. The fourth-order valence-corrected chi connectivity index (χ4v) is 4.25. The number of carboxylic acid groups (broad SMARTS) is 1. The van der Waals surface area contributed by atoms with E-state index in [9.17, 15) is 14.7 Å². The Morgan fingerprint density at radius 2 is 1.93 bits per heavy atom. The predicted molar refractivity (Wildman–Crippen MR) is 102 cm³/mol. The van der Waals surface area contributed by atoms with E-state index in [-0.39, 0.29) is 11.8 Å². The molecule has 27 heavy (non-hydrogen) atoms. The second-order valence-corrected chi connectivity index (χ2v) is 7.56. The zero-order chi connectivity index (χ0) is 18.8. The number of aryl methyl sites for hydroxylation is 2. The summed E-state index contributed by atoms with van der Waals surface area (Å²) in [6.07, 6.45) is 7.97. The molecule has 1 fully saturated rings. The standard InChI is InChI=1S/C22H24N2O3/c25-21(19-12-16-5-1-2-9-20(16)23-13-19)24-10-4-8-18(14-24)15-6-3-7-17(11-15)22(26)27/h3,6-7,11-13,18H,1-2,4-5,8-10,14H2,(H,26,27)/t18-/m0/s1. The molecule has 2 heterocycles. The molecule has 2 aromatic rings. The molecule has 0 unspecified atom stereocenters. The predicted octanol–water partition coefficient (Wildman–Crippen LogP) is 3.68. The SMILES string of the molecule is O=C(O)c1cccc([C@H]2CCCN(C(=O)c3cnc4c(c3)CCCC4)C2)c1. The zero-order valence-electron chi connectivity index (χ0n) is 15.4. The maximum atomic E-state index is 13.0. The van der Waals surface area contributed by atoms with Crippen LogP contribution in [0.2, 0.25) is 0 Å². The van der Waals surface area contributed by atoms with Gasteiger partial charge in [-0.25, -0.2) is 4.79 Å². The van der Waals surface area contributed by atoms with E-state index in [0.717, 1.165) is 49.9 Å². The Kier molecular flexibility index (Phi) is 4.92. The molecule has 5 nitrogen and oxygen atoms in total. The number of pyridine rings is 1. The van der Waals surface area contributed by atoms with Crippen molar-refractivity contribution in [3.05, 3.63) is 64.5 Å². The third-order valence-electron chi connectivity index (χ3n) is 5.73. The molecule has 2 aliphatic rings. The fourth-order valence-electron chi connectivity index (χ4n) is 4.25. The molecule has 1 aliphatic heterocycles. The van der Waals surface area contributed by atoms with Crippen LogP contribution in [0.25, 0.3) is 0 Å². The van der Waals surface area contributed by atoms with Crippen molar-refractivity contribution in [2.45, 2.75) is 44.4 Å². The fraction of sp³-hybridized carbons (Fsp3) is 0.409. The number of hydrogen-bond acceptors (Lipinski definition) is 3. The van der Waals surface area contributed by atoms with Crippen LogP contribution in [0.1, 0.15) is 69.1 Å². The average molecular weight is 364 g/mol. The van der Waals surface area contributed by atoms with Crippen molar-refractivity contribution >= 4 is 11.9 Å². The van der Waals surface area contributed by atoms with Gasteiger partial charge in [0.25, 0.3) is 5.91 Å². The highest BCUT2D eigenvalue weighted by atomic mass is 16.4. The van der Waals surface area contributed by atoms with E-state index in [4.69, 9.17) is 0 Å². The summed E-state index contributed by atoms with van der Waals surface area (Å²) < 4.78 is 0. The van der Waals surface area contributed by atoms with Crippen LogP contribution in [0.5, 0.6) is 0 Å². The lowest BCUT2D eigenvalue weighted by Gasteiger charge is -2.33. The van der Waals surface area contributed by atoms with Gasteiger partial charge >= 0.3 is 5.97 Å². The van der Waals surface area contributed by atoms with Gasteiger partial charge < -0.3 is 10.0 Å². The van der Waals surface area contributed by atoms with Gasteiger partial charge in [0.2, 0.25) is 0 Å². The van der Waals surface area contributed by atoms with Gasteiger partial charge in [-0.1, -0.05) is 12.1 Å². The van der Waals surface area contributed by atoms with Crippen LogP contribution < -0.4 is 0 Å². The Labute approximate surface area is 159 Å². The summed E-state index contributed by atoms with van der Waals surface area (Å²) in [4.78, 5) is 30.7. The number of rotatable bonds is 3. The highest BCUT2D eigenvalue weighted by molar-refractivity contribution is 5.94. The lowest BCUT2D eigenvalue weighted by atomic mass is 9.89. The van der Waals surface area contributed by atoms with Gasteiger partial charge in [0, 0.05) is 30.9 Å². The monoisotopic (exact) mass is 364 g/mol. The topological polar surface area (TPSA) is 70.5 Å². The van der Waals surface area contributed by atoms with Gasteiger partial charge in [-0.3, -0.25) is 9.78 Å². The first-order valence-electron chi connectivity index (χ1n) is 9.72. The van der Waals surface area contributed by atoms with Gasteiger partial charge in [-0.15, -0.1) is 0 Å². The Morgan fingerprint density at radius 3 is 2.78 bits per heavy atom. The first-order valence-corrected chi connectivity index (χ1v) is 9.72. The summed E-state index contributed by atoms with van der Waals surface area (Å²) in [6, 6.07) is 9.12. The summed E-state index contributed by atoms with van der Waals surface area (Å²) in [7, 11) is 0. The normalized spacial score (nSPS) is 19.4. The lowest BCUT2D eigenvalue weighted by Crippen LogP contribution is -2.39. The number of fused-ring (bicyclic) bond motifs is 1. The van der Waals surface area contributed by atoms with Gasteiger partial charge in [-0.05, 0) is 67.9 Å². The number of nitrogens with zero attached hydrogens (tertiary/aromatic N) is 2. The molecular formula is C22H24N2O3. The summed E-state index contributed by atoms with van der Waals surface area (Å²) in [5, 5.41) is 9.22. The number of aromatic nitrogens is 1. The molecule has 0 radical (unpaired) electrons. The van der Waals surface area contributed by atoms with Crippen molar-refractivity contribution in [1.29, 1.82) is 0 Å². The van der Waals surface area contributed by atoms with E-state index in [1.165, 1.54) is 12.0 Å². The number of carbonyl (C=O) groups is 2. The largest absolute Gasteiger partial charge is 0.478 e. The van der Waals surface area contributed by atoms with Crippen molar-refractivity contribution < 1.29 is 14.7 Å². The third kappa shape index (κ3) is 3.72. The minimum atomic E-state index is -0.916. The maximum absolute atomic E-state index is 13.0. The number of aromatic carboxylic acids is 1. The number of benzene rings is 1. The molecule has 0 spiro atoms. The van der Waals surface area contributed by atoms with Crippen molar-refractivity contribution in [2.75, 3.05) is 13.1 Å². The molecular weight excluding hydrogens is 340 g/mol. The quantitative estimate of drug-likeness (QED) is 0.902. The smallest absolute Gasteiger partial charge is 0.335 e. The van der Waals surface area contributed by atoms with Crippen LogP contribution in [0.15, 0.2) is 36.5 Å². The molecule has 1 aromatic carbocycles. The van der Waals surface area contributed by atoms with E-state index in [1.807, 2.05) is 17.0 Å². The number of likely N-dealkylation sites (tertiary alicyclic amines) is 1. The first-order chi connectivity index (χ1) is 13.1. The summed E-state index contributed by atoms with van der Waals surface area (Å²) in [5.41, 5.74) is 4.33. The van der Waals surface area contributed by atoms with Crippen molar-refractivity contribution in [2.24, 2.45) is 0 Å². The zero-order valence-corrected chi connectivity index (χ0v) is 15.4. The van der Waals surface area contributed by atoms with E-state index in [2.05, 4.69) is 4.98 Å². The molecule has 1 atom stereocenters. The average Bonchev–Trinajstić information content (AvgIpc) is 2.73. The number of amides is 1. The summed E-state index contributed by atoms with van der Waals surface area (Å²) >= 11 is 0. The lowest BCUT2D eigenvalue weighted by molar-refractivity contribution is 0.0687. The van der Waals surface area contributed by atoms with Gasteiger partial charge in [0.1, 0.15) is 0 Å². The Balaban J connectivity index is 1.52. The van der Waals surface area contributed by atoms with Crippen LogP contribution >= 0.6 is 0 Å². The number of piperidine rings is 1. The molecule has 140 valence electrons. The number of carbonyl (C=O) groups excluding carboxylic acids is 1. The van der Waals surface area contributed by atoms with Crippen LogP contribution in [0, 0.1) is 0 Å². The van der Waals surface area contributed by atoms with Crippen LogP contribution in [-0.4, -0.2) is 40.0 Å². The van der Waals surface area contributed by atoms with Crippen LogP contribution in [0.4, 0.5) is 0 Å². The first kappa shape index (κ1) is 17.7. The molecule has 0 bridgehead atoms. The van der Waals surface area contributed by atoms with Gasteiger partial charge in [0.15, 0.2) is 0 Å². The highest BCUT2D eigenvalue weighted by Crippen LogP contribution is 2.29. The summed E-state index contributed by atoms with van der Waals surface area (Å²) in [6.45, 7) is 1.37. The molecule has 1 aromatic heterocycles. The van der Waals surface area contributed by atoms with Crippen molar-refractivity contribution in [3.63, 3.8) is 0 Å². The van der Waals surface area contributed by atoms with Crippen molar-refractivity contribution in [1.82, 2.24) is 9.88 Å². The van der Waals surface area contributed by atoms with E-state index in [0.29, 0.717) is 17.7 Å². The second-order valence-electron chi connectivity index (χ2n) is 7.56. The molecule has 1 amide bonds. The molecule has 0 saturated carbocycles.